The van der Waals surface area contributed by atoms with Crippen LogP contribution in [-0.4, -0.2) is 54.7 Å². The van der Waals surface area contributed by atoms with E-state index in [2.05, 4.69) is 11.4 Å². The SMILES string of the molecule is C[C@]12CCC(=O)C=C1CC[C@@H]1[C@@H]2[C@@H](O)C[C@@]2(C)[C@H]1CC[C@]2(O)C(=O)C(O)OP(=O)(O)O. The second-order valence-electron chi connectivity index (χ2n) is 10.3. The van der Waals surface area contributed by atoms with E-state index in [1.165, 1.54) is 0 Å². The number of hydrogen-bond donors (Lipinski definition) is 5. The zero-order chi connectivity index (χ0) is 23.0. The van der Waals surface area contributed by atoms with Gasteiger partial charge in [-0.25, -0.2) is 9.09 Å². The Morgan fingerprint density at radius 1 is 1.23 bits per heavy atom. The highest BCUT2D eigenvalue weighted by Gasteiger charge is 2.69. The van der Waals surface area contributed by atoms with E-state index in [0.717, 1.165) is 18.4 Å². The van der Waals surface area contributed by atoms with Crippen LogP contribution in [0.1, 0.15) is 58.8 Å². The zero-order valence-electron chi connectivity index (χ0n) is 17.7. The van der Waals surface area contributed by atoms with Crippen molar-refractivity contribution in [3.05, 3.63) is 11.6 Å². The first kappa shape index (κ1) is 23.2. The second-order valence-corrected chi connectivity index (χ2v) is 11.5. The Kier molecular flexibility index (Phi) is 5.46. The molecular weight excluding hydrogens is 427 g/mol. The minimum Gasteiger partial charge on any atom is -0.393 e. The lowest BCUT2D eigenvalue weighted by molar-refractivity contribution is -0.195. The normalized spacial score (nSPS) is 45.9. The molecule has 3 saturated carbocycles. The fourth-order valence-electron chi connectivity index (χ4n) is 7.48. The Hall–Kier alpha value is -0.930. The molecule has 0 aromatic rings. The number of phosphoric ester groups is 1. The van der Waals surface area contributed by atoms with E-state index < -0.39 is 37.0 Å². The van der Waals surface area contributed by atoms with Gasteiger partial charge in [0, 0.05) is 11.8 Å². The highest BCUT2D eigenvalue weighted by molar-refractivity contribution is 7.46. The van der Waals surface area contributed by atoms with Crippen LogP contribution in [0.25, 0.3) is 0 Å². The average Bonchev–Trinajstić information content (AvgIpc) is 2.91. The standard InChI is InChI=1S/C21H31O9P/c1-19-7-5-12(22)9-11(19)3-4-13-14-6-8-21(26,17(24)18(25)30-31(27,28)29)20(14,2)10-15(23)16(13)19/h9,13-16,18,23,25-26H,3-8,10H2,1-2H3,(H2,27,28,29)/t13-,14-,15-,16+,18?,19-,20-,21-/m0/s1. The molecule has 174 valence electrons. The van der Waals surface area contributed by atoms with Crippen LogP contribution >= 0.6 is 7.82 Å². The summed E-state index contributed by atoms with van der Waals surface area (Å²) in [4.78, 5) is 42.7. The van der Waals surface area contributed by atoms with Crippen LogP contribution in [0.3, 0.4) is 0 Å². The molecule has 31 heavy (non-hydrogen) atoms. The highest BCUT2D eigenvalue weighted by Crippen LogP contribution is 2.67. The molecule has 9 nitrogen and oxygen atoms in total. The topological polar surface area (TPSA) is 162 Å². The summed E-state index contributed by atoms with van der Waals surface area (Å²) in [5.41, 5.74) is -2.39. The fourth-order valence-corrected chi connectivity index (χ4v) is 7.84. The Morgan fingerprint density at radius 3 is 2.55 bits per heavy atom. The first-order valence-corrected chi connectivity index (χ1v) is 12.4. The van der Waals surface area contributed by atoms with Gasteiger partial charge in [-0.05, 0) is 67.8 Å². The van der Waals surface area contributed by atoms with Gasteiger partial charge in [0.25, 0.3) is 0 Å². The van der Waals surface area contributed by atoms with Gasteiger partial charge in [0.15, 0.2) is 5.78 Å². The molecule has 3 fully saturated rings. The number of Topliss-reactive ketones (excluding diaryl/α,β-unsaturated/α-hetero) is 1. The monoisotopic (exact) mass is 458 g/mol. The largest absolute Gasteiger partial charge is 0.472 e. The predicted octanol–water partition coefficient (Wildman–Crippen LogP) is 1.22. The van der Waals surface area contributed by atoms with Crippen LogP contribution < -0.4 is 0 Å². The highest BCUT2D eigenvalue weighted by atomic mass is 31.2. The van der Waals surface area contributed by atoms with E-state index in [-0.39, 0.29) is 41.8 Å². The molecule has 4 aliphatic carbocycles. The fraction of sp³-hybridized carbons (Fsp3) is 0.810. The summed E-state index contributed by atoms with van der Waals surface area (Å²) in [7, 11) is -5.14. The van der Waals surface area contributed by atoms with Gasteiger partial charge >= 0.3 is 7.82 Å². The molecule has 0 bridgehead atoms. The van der Waals surface area contributed by atoms with Crippen molar-refractivity contribution in [1.82, 2.24) is 0 Å². The van der Waals surface area contributed by atoms with Crippen molar-refractivity contribution in [2.45, 2.75) is 76.8 Å². The van der Waals surface area contributed by atoms with Crippen LogP contribution in [0.4, 0.5) is 0 Å². The summed E-state index contributed by atoms with van der Waals surface area (Å²) in [5.74, 6) is -1.27. The molecule has 8 atom stereocenters. The Bertz CT molecular complexity index is 880. The van der Waals surface area contributed by atoms with Crippen molar-refractivity contribution in [2.75, 3.05) is 0 Å². The third-order valence-corrected chi connectivity index (χ3v) is 9.39. The average molecular weight is 458 g/mol. The second kappa shape index (κ2) is 7.29. The van der Waals surface area contributed by atoms with Crippen molar-refractivity contribution in [3.63, 3.8) is 0 Å². The van der Waals surface area contributed by atoms with Crippen molar-refractivity contribution in [3.8, 4) is 0 Å². The number of rotatable bonds is 4. The number of aliphatic hydroxyl groups is 3. The third kappa shape index (κ3) is 3.41. The van der Waals surface area contributed by atoms with E-state index in [0.29, 0.717) is 19.3 Å². The third-order valence-electron chi connectivity index (χ3n) is 8.92. The summed E-state index contributed by atoms with van der Waals surface area (Å²) in [6, 6.07) is 0. The molecule has 0 amide bonds. The van der Waals surface area contributed by atoms with E-state index in [4.69, 9.17) is 9.79 Å². The molecule has 0 radical (unpaired) electrons. The smallest absolute Gasteiger partial charge is 0.393 e. The number of aliphatic hydroxyl groups excluding tert-OH is 2. The number of hydrogen-bond acceptors (Lipinski definition) is 7. The van der Waals surface area contributed by atoms with Crippen LogP contribution in [0, 0.1) is 28.6 Å². The van der Waals surface area contributed by atoms with Crippen molar-refractivity contribution in [1.29, 1.82) is 0 Å². The summed E-state index contributed by atoms with van der Waals surface area (Å²) in [6.45, 7) is 3.81. The first-order chi connectivity index (χ1) is 14.2. The molecule has 0 heterocycles. The van der Waals surface area contributed by atoms with E-state index in [1.54, 1.807) is 13.0 Å². The lowest BCUT2D eigenvalue weighted by Crippen LogP contribution is -2.63. The summed E-state index contributed by atoms with van der Waals surface area (Å²) >= 11 is 0. The van der Waals surface area contributed by atoms with Crippen molar-refractivity contribution < 1.29 is 43.8 Å². The van der Waals surface area contributed by atoms with Gasteiger partial charge in [-0.15, -0.1) is 0 Å². The maximum Gasteiger partial charge on any atom is 0.472 e. The van der Waals surface area contributed by atoms with E-state index in [9.17, 15) is 29.5 Å². The van der Waals surface area contributed by atoms with Gasteiger partial charge in [0.05, 0.1) is 6.10 Å². The number of carbonyl (C=O) groups excluding carboxylic acids is 2. The lowest BCUT2D eigenvalue weighted by Gasteiger charge is -2.60. The van der Waals surface area contributed by atoms with Crippen LogP contribution in [0.5, 0.6) is 0 Å². The molecule has 10 heteroatoms. The molecule has 1 unspecified atom stereocenters. The number of ketones is 2. The molecule has 4 aliphatic rings. The lowest BCUT2D eigenvalue weighted by atomic mass is 9.45. The number of phosphoric acid groups is 1. The number of carbonyl (C=O) groups is 2. The zero-order valence-corrected chi connectivity index (χ0v) is 18.6. The Balaban J connectivity index is 1.66. The van der Waals surface area contributed by atoms with Gasteiger partial charge in [0.2, 0.25) is 12.1 Å². The van der Waals surface area contributed by atoms with Gasteiger partial charge < -0.3 is 25.1 Å². The number of allylic oxidation sites excluding steroid dienone is 1. The minimum atomic E-state index is -5.14. The quantitative estimate of drug-likeness (QED) is 0.308. The predicted molar refractivity (Wildman–Crippen MR) is 107 cm³/mol. The van der Waals surface area contributed by atoms with Gasteiger partial charge in [-0.2, -0.15) is 0 Å². The molecule has 0 aromatic heterocycles. The number of fused-ring (bicyclic) bond motifs is 5. The molecule has 0 aromatic carbocycles. The van der Waals surface area contributed by atoms with E-state index >= 15 is 0 Å². The van der Waals surface area contributed by atoms with Gasteiger partial charge in [-0.1, -0.05) is 19.4 Å². The molecule has 0 aliphatic heterocycles. The van der Waals surface area contributed by atoms with E-state index in [1.807, 2.05) is 0 Å². The Labute approximate surface area is 180 Å². The maximum atomic E-state index is 12.9. The Morgan fingerprint density at radius 2 is 1.90 bits per heavy atom. The molecule has 5 N–H and O–H groups in total. The maximum absolute atomic E-state index is 12.9. The molecule has 4 rings (SSSR count). The van der Waals surface area contributed by atoms with Gasteiger partial charge in [0.1, 0.15) is 5.60 Å². The molecular formula is C21H31O9P. The first-order valence-electron chi connectivity index (χ1n) is 10.8. The molecule has 0 spiro atoms. The summed E-state index contributed by atoms with van der Waals surface area (Å²) in [5, 5.41) is 32.7. The van der Waals surface area contributed by atoms with Crippen LogP contribution in [0.2, 0.25) is 0 Å². The summed E-state index contributed by atoms with van der Waals surface area (Å²) < 4.78 is 15.2. The van der Waals surface area contributed by atoms with Crippen molar-refractivity contribution in [2.24, 2.45) is 28.6 Å². The molecule has 0 saturated heterocycles. The van der Waals surface area contributed by atoms with Crippen LogP contribution in [-0.2, 0) is 18.7 Å². The summed E-state index contributed by atoms with van der Waals surface area (Å²) in [6.07, 6.45) is 1.60. The minimum absolute atomic E-state index is 0.0163. The van der Waals surface area contributed by atoms with Gasteiger partial charge in [-0.3, -0.25) is 9.59 Å². The van der Waals surface area contributed by atoms with Crippen LogP contribution in [0.15, 0.2) is 11.6 Å². The van der Waals surface area contributed by atoms with Crippen molar-refractivity contribution >= 4 is 19.4 Å².